The van der Waals surface area contributed by atoms with E-state index in [-0.39, 0.29) is 16.2 Å². The van der Waals surface area contributed by atoms with Gasteiger partial charge in [0.15, 0.2) is 11.5 Å². The molecular weight excluding hydrogens is 452 g/mol. The molecule has 2 heterocycles. The van der Waals surface area contributed by atoms with Gasteiger partial charge in [0.05, 0.1) is 4.90 Å². The topological polar surface area (TPSA) is 76.2 Å². The molecule has 34 heavy (non-hydrogen) atoms. The second kappa shape index (κ2) is 8.89. The quantitative estimate of drug-likeness (QED) is 0.642. The van der Waals surface area contributed by atoms with E-state index in [2.05, 4.69) is 6.07 Å². The van der Waals surface area contributed by atoms with Crippen molar-refractivity contribution < 1.29 is 22.7 Å². The lowest BCUT2D eigenvalue weighted by Crippen LogP contribution is -2.46. The highest BCUT2D eigenvalue weighted by Gasteiger charge is 2.44. The fourth-order valence-corrected chi connectivity index (χ4v) is 7.21. The Hall–Kier alpha value is -2.58. The van der Waals surface area contributed by atoms with Crippen molar-refractivity contribution in [1.82, 2.24) is 9.21 Å². The van der Waals surface area contributed by atoms with E-state index in [1.165, 1.54) is 9.87 Å². The fraction of sp³-hybridized carbons (Fsp3) is 0.500. The Labute approximate surface area is 201 Å². The van der Waals surface area contributed by atoms with E-state index in [4.69, 9.17) is 9.47 Å². The Morgan fingerprint density at radius 1 is 1.00 bits per heavy atom. The molecule has 5 rings (SSSR count). The Morgan fingerprint density at radius 2 is 1.62 bits per heavy atom. The van der Waals surface area contributed by atoms with Crippen molar-refractivity contribution in [2.45, 2.75) is 56.4 Å². The third kappa shape index (κ3) is 3.86. The molecule has 2 aromatic carbocycles. The lowest BCUT2D eigenvalue weighted by molar-refractivity contribution is 0.0668. The zero-order chi connectivity index (χ0) is 23.9. The molecule has 1 spiro atoms. The molecular formula is C26H32N2O5S. The van der Waals surface area contributed by atoms with Gasteiger partial charge in [-0.2, -0.15) is 4.31 Å². The molecule has 0 atom stereocenters. The number of ether oxygens (including phenoxy) is 2. The first kappa shape index (κ1) is 23.2. The molecule has 0 unspecified atom stereocenters. The number of hydrogen-bond acceptors (Lipinski definition) is 5. The van der Waals surface area contributed by atoms with Crippen LogP contribution in [0, 0.1) is 0 Å². The number of sulfonamides is 1. The smallest absolute Gasteiger partial charge is 0.254 e. The molecule has 3 aliphatic rings. The summed E-state index contributed by atoms with van der Waals surface area (Å²) in [6.45, 7) is 6.72. The normalized spacial score (nSPS) is 18.9. The van der Waals surface area contributed by atoms with E-state index in [1.807, 2.05) is 24.8 Å². The van der Waals surface area contributed by atoms with Crippen LogP contribution in [0.15, 0.2) is 41.3 Å². The van der Waals surface area contributed by atoms with Crippen molar-refractivity contribution in [3.8, 4) is 11.5 Å². The Bertz CT molecular complexity index is 1180. The van der Waals surface area contributed by atoms with E-state index >= 15 is 0 Å². The molecule has 0 aromatic heterocycles. The minimum atomic E-state index is -3.55. The van der Waals surface area contributed by atoms with Crippen LogP contribution in [0.4, 0.5) is 0 Å². The third-order valence-corrected chi connectivity index (χ3v) is 9.55. The lowest BCUT2D eigenvalue weighted by atomic mass is 9.73. The maximum Gasteiger partial charge on any atom is 0.254 e. The van der Waals surface area contributed by atoms with Gasteiger partial charge in [0.2, 0.25) is 10.0 Å². The second-order valence-corrected chi connectivity index (χ2v) is 11.4. The van der Waals surface area contributed by atoms with E-state index in [1.54, 1.807) is 24.3 Å². The molecule has 1 saturated carbocycles. The highest BCUT2D eigenvalue weighted by molar-refractivity contribution is 7.89. The summed E-state index contributed by atoms with van der Waals surface area (Å²) in [6, 6.07) is 10.6. The van der Waals surface area contributed by atoms with Gasteiger partial charge in [-0.05, 0) is 60.4 Å². The molecule has 0 bridgehead atoms. The molecule has 0 saturated heterocycles. The van der Waals surface area contributed by atoms with Gasteiger partial charge in [0.25, 0.3) is 5.91 Å². The van der Waals surface area contributed by atoms with Crippen molar-refractivity contribution in [3.63, 3.8) is 0 Å². The number of hydrogen-bond donors (Lipinski definition) is 0. The molecule has 0 radical (unpaired) electrons. The highest BCUT2D eigenvalue weighted by Crippen LogP contribution is 2.49. The van der Waals surface area contributed by atoms with Gasteiger partial charge in [-0.3, -0.25) is 4.79 Å². The Morgan fingerprint density at radius 3 is 2.24 bits per heavy atom. The van der Waals surface area contributed by atoms with Crippen LogP contribution in [0.3, 0.4) is 0 Å². The summed E-state index contributed by atoms with van der Waals surface area (Å²) < 4.78 is 38.7. The first-order valence-electron chi connectivity index (χ1n) is 12.2. The zero-order valence-corrected chi connectivity index (χ0v) is 20.7. The maximum atomic E-state index is 13.6. The van der Waals surface area contributed by atoms with Crippen LogP contribution in [0.1, 0.15) is 61.0 Å². The molecule has 1 amide bonds. The van der Waals surface area contributed by atoms with Crippen molar-refractivity contribution >= 4 is 15.9 Å². The van der Waals surface area contributed by atoms with Gasteiger partial charge in [-0.25, -0.2) is 8.42 Å². The van der Waals surface area contributed by atoms with Crippen molar-refractivity contribution in [2.24, 2.45) is 0 Å². The minimum absolute atomic E-state index is 0.0644. The Balaban J connectivity index is 1.44. The summed E-state index contributed by atoms with van der Waals surface area (Å²) in [5, 5.41) is 0. The largest absolute Gasteiger partial charge is 0.486 e. The summed E-state index contributed by atoms with van der Waals surface area (Å²) in [5.74, 6) is 1.48. The van der Waals surface area contributed by atoms with Gasteiger partial charge in [0, 0.05) is 37.2 Å². The number of amides is 1. The minimum Gasteiger partial charge on any atom is -0.486 e. The number of fused-ring (bicyclic) bond motifs is 3. The summed E-state index contributed by atoms with van der Waals surface area (Å²) in [5.41, 5.74) is 2.85. The van der Waals surface area contributed by atoms with Crippen LogP contribution >= 0.6 is 0 Å². The van der Waals surface area contributed by atoms with Crippen molar-refractivity contribution in [3.05, 3.63) is 53.1 Å². The van der Waals surface area contributed by atoms with Crippen LogP contribution in [-0.4, -0.2) is 56.4 Å². The van der Waals surface area contributed by atoms with Crippen molar-refractivity contribution in [1.29, 1.82) is 0 Å². The summed E-state index contributed by atoms with van der Waals surface area (Å²) in [7, 11) is -3.55. The van der Waals surface area contributed by atoms with Crippen LogP contribution in [0.5, 0.6) is 11.5 Å². The molecule has 182 valence electrons. The molecule has 1 aliphatic carbocycles. The van der Waals surface area contributed by atoms with Gasteiger partial charge in [0.1, 0.15) is 13.2 Å². The van der Waals surface area contributed by atoms with E-state index in [9.17, 15) is 13.2 Å². The number of benzene rings is 2. The second-order valence-electron chi connectivity index (χ2n) is 9.42. The first-order chi connectivity index (χ1) is 16.4. The summed E-state index contributed by atoms with van der Waals surface area (Å²) >= 11 is 0. The standard InChI is InChI=1S/C26H32N2O5S/c1-3-28(4-2)34(30,31)21-9-7-19(8-10-21)25(29)27-17-20-15-23-24(33-14-13-32-23)16-22(20)26(18-27)11-5-6-12-26/h7-10,15-16H,3-6,11-14,17-18H2,1-2H3. The number of nitrogens with zero attached hydrogens (tertiary/aromatic N) is 2. The predicted molar refractivity (Wildman–Crippen MR) is 129 cm³/mol. The number of carbonyl (C=O) groups excluding carboxylic acids is 1. The van der Waals surface area contributed by atoms with E-state index < -0.39 is 10.0 Å². The molecule has 2 aliphatic heterocycles. The van der Waals surface area contributed by atoms with E-state index in [0.29, 0.717) is 45.0 Å². The predicted octanol–water partition coefficient (Wildman–Crippen LogP) is 3.96. The average Bonchev–Trinajstić information content (AvgIpc) is 3.32. The molecule has 2 aromatic rings. The lowest BCUT2D eigenvalue weighted by Gasteiger charge is -2.43. The van der Waals surface area contributed by atoms with Gasteiger partial charge in [-0.1, -0.05) is 26.7 Å². The molecule has 7 nitrogen and oxygen atoms in total. The van der Waals surface area contributed by atoms with Crippen LogP contribution < -0.4 is 9.47 Å². The molecule has 0 N–H and O–H groups in total. The van der Waals surface area contributed by atoms with Gasteiger partial charge < -0.3 is 14.4 Å². The maximum absolute atomic E-state index is 13.6. The van der Waals surface area contributed by atoms with Crippen molar-refractivity contribution in [2.75, 3.05) is 32.8 Å². The van der Waals surface area contributed by atoms with Gasteiger partial charge >= 0.3 is 0 Å². The van der Waals surface area contributed by atoms with Gasteiger partial charge in [-0.15, -0.1) is 0 Å². The number of carbonyl (C=O) groups is 1. The summed E-state index contributed by atoms with van der Waals surface area (Å²) in [6.07, 6.45) is 4.39. The third-order valence-electron chi connectivity index (χ3n) is 7.49. The average molecular weight is 485 g/mol. The molecule has 8 heteroatoms. The SMILES string of the molecule is CCN(CC)S(=O)(=O)c1ccc(C(=O)N2Cc3cc4c(cc3C3(CCCC3)C2)OCCO4)cc1. The van der Waals surface area contributed by atoms with E-state index in [0.717, 1.165) is 42.7 Å². The number of rotatable bonds is 5. The van der Waals surface area contributed by atoms with Crippen LogP contribution in [-0.2, 0) is 22.0 Å². The van der Waals surface area contributed by atoms with Crippen LogP contribution in [0.2, 0.25) is 0 Å². The molecule has 1 fully saturated rings. The zero-order valence-electron chi connectivity index (χ0n) is 19.9. The summed E-state index contributed by atoms with van der Waals surface area (Å²) in [4.78, 5) is 15.7. The highest BCUT2D eigenvalue weighted by atomic mass is 32.2. The monoisotopic (exact) mass is 484 g/mol. The Kier molecular flexibility index (Phi) is 6.06. The fourth-order valence-electron chi connectivity index (χ4n) is 5.75. The van der Waals surface area contributed by atoms with Crippen LogP contribution in [0.25, 0.3) is 0 Å². The first-order valence-corrected chi connectivity index (χ1v) is 13.6.